The van der Waals surface area contributed by atoms with Gasteiger partial charge in [0.1, 0.15) is 11.8 Å². The molecule has 8 nitrogen and oxygen atoms in total. The Hall–Kier alpha value is -3.73. The van der Waals surface area contributed by atoms with Gasteiger partial charge in [0.15, 0.2) is 0 Å². The number of aromatic carboxylic acids is 1. The average molecular weight is 327 g/mol. The monoisotopic (exact) mass is 327 g/mol. The molecule has 122 valence electrons. The molecule has 2 rings (SSSR count). The molecule has 0 aliphatic rings. The Kier molecular flexibility index (Phi) is 6.14. The zero-order chi connectivity index (χ0) is 18.3. The van der Waals surface area contributed by atoms with Crippen LogP contribution in [-0.4, -0.2) is 26.8 Å². The van der Waals surface area contributed by atoms with Crippen molar-refractivity contribution in [3.8, 4) is 11.8 Å². The highest BCUT2D eigenvalue weighted by molar-refractivity contribution is 5.96. The maximum atomic E-state index is 10.4. The van der Waals surface area contributed by atoms with Crippen LogP contribution in [-0.2, 0) is 0 Å². The number of nitrogens with one attached hydrogen (secondary N) is 1. The van der Waals surface area contributed by atoms with Crippen LogP contribution < -0.4 is 0 Å². The van der Waals surface area contributed by atoms with Gasteiger partial charge in [0, 0.05) is 17.8 Å². The molecular weight excluding hydrogens is 314 g/mol. The number of hydrogen-bond donors (Lipinski definition) is 3. The Morgan fingerprint density at radius 1 is 1.21 bits per heavy atom. The van der Waals surface area contributed by atoms with Crippen LogP contribution in [0.5, 0.6) is 5.75 Å². The molecule has 8 heteroatoms. The van der Waals surface area contributed by atoms with Crippen LogP contribution >= 0.6 is 0 Å². The smallest absolute Gasteiger partial charge is 0.335 e. The molecule has 0 aromatic heterocycles. The summed E-state index contributed by atoms with van der Waals surface area (Å²) in [6, 6.07) is 11.2. The molecule has 0 bridgehead atoms. The van der Waals surface area contributed by atoms with Gasteiger partial charge in [0.05, 0.1) is 16.1 Å². The number of phenolic OH excluding ortho intramolecular Hbond substituents is 1. The number of non-ortho nitro benzene ring substituents is 1. The molecule has 0 aliphatic heterocycles. The van der Waals surface area contributed by atoms with Gasteiger partial charge in [-0.05, 0) is 42.8 Å². The Balaban J connectivity index is 0.000000240. The van der Waals surface area contributed by atoms with Crippen molar-refractivity contribution in [1.29, 1.82) is 10.7 Å². The van der Waals surface area contributed by atoms with Crippen molar-refractivity contribution in [3.05, 3.63) is 69.3 Å². The molecule has 0 saturated heterocycles. The first kappa shape index (κ1) is 18.3. The number of benzene rings is 2. The van der Waals surface area contributed by atoms with E-state index in [-0.39, 0.29) is 22.6 Å². The first-order valence-corrected chi connectivity index (χ1v) is 6.52. The van der Waals surface area contributed by atoms with Crippen molar-refractivity contribution < 1.29 is 19.9 Å². The lowest BCUT2D eigenvalue weighted by atomic mass is 10.1. The van der Waals surface area contributed by atoms with Crippen LogP contribution in [0.2, 0.25) is 0 Å². The molecule has 0 unspecified atom stereocenters. The number of nitro benzene ring substituents is 1. The zero-order valence-corrected chi connectivity index (χ0v) is 12.6. The van der Waals surface area contributed by atoms with Crippen molar-refractivity contribution in [2.45, 2.75) is 6.92 Å². The first-order valence-electron chi connectivity index (χ1n) is 6.52. The summed E-state index contributed by atoms with van der Waals surface area (Å²) in [5.41, 5.74) is 1.21. The van der Waals surface area contributed by atoms with Gasteiger partial charge >= 0.3 is 5.97 Å². The molecule has 24 heavy (non-hydrogen) atoms. The number of carboxylic acid groups (broad SMARTS) is 1. The summed E-state index contributed by atoms with van der Waals surface area (Å²) < 4.78 is 0. The predicted octanol–water partition coefficient (Wildman–Crippen LogP) is 2.94. The molecule has 2 aromatic rings. The van der Waals surface area contributed by atoms with E-state index in [4.69, 9.17) is 20.9 Å². The van der Waals surface area contributed by atoms with Crippen molar-refractivity contribution in [2.24, 2.45) is 0 Å². The highest BCUT2D eigenvalue weighted by atomic mass is 16.6. The van der Waals surface area contributed by atoms with Crippen molar-refractivity contribution >= 4 is 17.4 Å². The number of nitrogens with zero attached hydrogens (tertiary/aromatic N) is 2. The fraction of sp³-hybridized carbons (Fsp3) is 0.0625. The molecule has 0 aliphatic carbocycles. The largest absolute Gasteiger partial charge is 0.507 e. The number of hydrogen-bond acceptors (Lipinski definition) is 6. The third-order valence-corrected chi connectivity index (χ3v) is 2.88. The van der Waals surface area contributed by atoms with E-state index in [1.165, 1.54) is 24.3 Å². The van der Waals surface area contributed by atoms with Gasteiger partial charge in [0.2, 0.25) is 0 Å². The lowest BCUT2D eigenvalue weighted by Crippen LogP contribution is -1.95. The summed E-state index contributed by atoms with van der Waals surface area (Å²) >= 11 is 0. The summed E-state index contributed by atoms with van der Waals surface area (Å²) in [6.45, 7) is 1.64. The van der Waals surface area contributed by atoms with E-state index in [1.807, 2.05) is 0 Å². The normalized spacial score (nSPS) is 9.17. The topological polar surface area (TPSA) is 148 Å². The highest BCUT2D eigenvalue weighted by Crippen LogP contribution is 2.17. The van der Waals surface area contributed by atoms with Gasteiger partial charge in [0.25, 0.3) is 5.69 Å². The summed E-state index contributed by atoms with van der Waals surface area (Å²) in [7, 11) is 0. The third kappa shape index (κ3) is 4.92. The van der Waals surface area contributed by atoms with Crippen LogP contribution in [0.1, 0.15) is 28.4 Å². The molecular formula is C16H13N3O5. The van der Waals surface area contributed by atoms with E-state index >= 15 is 0 Å². The van der Waals surface area contributed by atoms with E-state index in [0.29, 0.717) is 11.3 Å². The van der Waals surface area contributed by atoms with Crippen LogP contribution in [0.25, 0.3) is 0 Å². The summed E-state index contributed by atoms with van der Waals surface area (Å²) in [5, 5.41) is 43.4. The van der Waals surface area contributed by atoms with Gasteiger partial charge in [-0.1, -0.05) is 0 Å². The predicted molar refractivity (Wildman–Crippen MR) is 85.4 cm³/mol. The molecule has 0 fully saturated rings. The van der Waals surface area contributed by atoms with Gasteiger partial charge in [-0.3, -0.25) is 10.1 Å². The van der Waals surface area contributed by atoms with Crippen molar-refractivity contribution in [1.82, 2.24) is 0 Å². The lowest BCUT2D eigenvalue weighted by molar-refractivity contribution is -0.384. The first-order chi connectivity index (χ1) is 11.3. The molecule has 0 atom stereocenters. The van der Waals surface area contributed by atoms with Crippen molar-refractivity contribution in [3.63, 3.8) is 0 Å². The third-order valence-electron chi connectivity index (χ3n) is 2.88. The number of nitro groups is 1. The van der Waals surface area contributed by atoms with Crippen LogP contribution in [0.4, 0.5) is 5.69 Å². The number of carbonyl (C=O) groups is 1. The minimum Gasteiger partial charge on any atom is -0.507 e. The number of nitriles is 1. The van der Waals surface area contributed by atoms with Crippen LogP contribution in [0.15, 0.2) is 42.5 Å². The Labute approximate surface area is 136 Å². The quantitative estimate of drug-likeness (QED) is 0.448. The second kappa shape index (κ2) is 8.05. The van der Waals surface area contributed by atoms with Crippen molar-refractivity contribution in [2.75, 3.05) is 0 Å². The number of rotatable bonds is 3. The minimum atomic E-state index is -1.13. The summed E-state index contributed by atoms with van der Waals surface area (Å²) in [4.78, 5) is 20.1. The standard InChI is InChI=1S/C8H8N2O2.C8H5NO3/c1-6(9)7-2-4-8(5-3-7)10(11)12;9-4-6-2-1-5(8(11)12)3-7(6)10/h2-5,9H,1H3;1-3,10H,(H,11,12). The van der Waals surface area contributed by atoms with Gasteiger partial charge in [-0.25, -0.2) is 4.79 Å². The zero-order valence-electron chi connectivity index (χ0n) is 12.6. The molecule has 0 amide bonds. The van der Waals surface area contributed by atoms with Gasteiger partial charge in [-0.2, -0.15) is 5.26 Å². The van der Waals surface area contributed by atoms with Gasteiger partial charge in [-0.15, -0.1) is 0 Å². The molecule has 0 saturated carbocycles. The average Bonchev–Trinajstić information content (AvgIpc) is 2.55. The highest BCUT2D eigenvalue weighted by Gasteiger charge is 2.06. The minimum absolute atomic E-state index is 0.0356. The number of aromatic hydroxyl groups is 1. The Bertz CT molecular complexity index is 790. The van der Waals surface area contributed by atoms with E-state index in [2.05, 4.69) is 0 Å². The fourth-order valence-electron chi connectivity index (χ4n) is 1.59. The van der Waals surface area contributed by atoms with Gasteiger partial charge < -0.3 is 15.6 Å². The summed E-state index contributed by atoms with van der Waals surface area (Å²) in [6.07, 6.45) is 0. The molecule has 2 aromatic carbocycles. The molecule has 0 radical (unpaired) electrons. The second-order valence-electron chi connectivity index (χ2n) is 4.58. The van der Waals surface area contributed by atoms with Crippen LogP contribution in [0, 0.1) is 26.9 Å². The van der Waals surface area contributed by atoms with E-state index in [1.54, 1.807) is 25.1 Å². The molecule has 3 N–H and O–H groups in total. The Morgan fingerprint density at radius 2 is 1.75 bits per heavy atom. The summed E-state index contributed by atoms with van der Waals surface area (Å²) in [5.74, 6) is -1.44. The second-order valence-corrected chi connectivity index (χ2v) is 4.58. The fourth-order valence-corrected chi connectivity index (χ4v) is 1.59. The molecule has 0 spiro atoms. The van der Waals surface area contributed by atoms with E-state index < -0.39 is 10.9 Å². The maximum absolute atomic E-state index is 10.4. The SMILES string of the molecule is CC(=N)c1ccc([N+](=O)[O-])cc1.N#Cc1ccc(C(=O)O)cc1O. The maximum Gasteiger partial charge on any atom is 0.335 e. The molecule has 0 heterocycles. The van der Waals surface area contributed by atoms with Crippen LogP contribution in [0.3, 0.4) is 0 Å². The lowest BCUT2D eigenvalue weighted by Gasteiger charge is -1.96. The van der Waals surface area contributed by atoms with E-state index in [0.717, 1.165) is 6.07 Å². The van der Waals surface area contributed by atoms with E-state index in [9.17, 15) is 14.9 Å². The number of carboxylic acids is 1. The number of phenols is 1. The Morgan fingerprint density at radius 3 is 2.12 bits per heavy atom.